The number of guanidine groups is 1. The second-order valence-electron chi connectivity index (χ2n) is 5.62. The summed E-state index contributed by atoms with van der Waals surface area (Å²) in [7, 11) is 0. The minimum Gasteiger partial charge on any atom is -0.463 e. The number of aliphatic imine (C=N–C) groups is 1. The second-order valence-corrected chi connectivity index (χ2v) is 5.62. The molecule has 0 bridgehead atoms. The Morgan fingerprint density at radius 3 is 2.50 bits per heavy atom. The molecule has 26 heavy (non-hydrogen) atoms. The van der Waals surface area contributed by atoms with Crippen LogP contribution in [0.15, 0.2) is 59.6 Å². The van der Waals surface area contributed by atoms with Gasteiger partial charge in [0.25, 0.3) is 0 Å². The van der Waals surface area contributed by atoms with Crippen LogP contribution in [0.5, 0.6) is 11.5 Å². The van der Waals surface area contributed by atoms with Crippen molar-refractivity contribution in [3.63, 3.8) is 0 Å². The standard InChI is InChI=1S/C19H23N3O3.HI/c1-14(2)24-18(23)11-12-21-19(20)22-15-7-6-10-17(13-15)25-16-8-4-3-5-9-16;/h3-10,13-14H,11-12H2,1-2H3,(H3,20,21,22);1H. The Hall–Kier alpha value is -2.29. The monoisotopic (exact) mass is 469 g/mol. The van der Waals surface area contributed by atoms with Crippen molar-refractivity contribution >= 4 is 41.6 Å². The molecule has 0 heterocycles. The molecule has 0 atom stereocenters. The summed E-state index contributed by atoms with van der Waals surface area (Å²) in [6, 6.07) is 16.9. The van der Waals surface area contributed by atoms with Gasteiger partial charge in [-0.3, -0.25) is 9.79 Å². The maximum Gasteiger partial charge on any atom is 0.307 e. The summed E-state index contributed by atoms with van der Waals surface area (Å²) in [5, 5.41) is 2.98. The molecule has 3 N–H and O–H groups in total. The van der Waals surface area contributed by atoms with Gasteiger partial charge in [0, 0.05) is 11.8 Å². The first kappa shape index (κ1) is 21.8. The zero-order valence-electron chi connectivity index (χ0n) is 14.8. The summed E-state index contributed by atoms with van der Waals surface area (Å²) in [5.41, 5.74) is 6.59. The molecule has 0 spiro atoms. The third kappa shape index (κ3) is 8.19. The van der Waals surface area contributed by atoms with Gasteiger partial charge in [0.15, 0.2) is 5.96 Å². The minimum absolute atomic E-state index is 0. The Labute approximate surface area is 170 Å². The number of hydrogen-bond donors (Lipinski definition) is 2. The lowest BCUT2D eigenvalue weighted by Crippen LogP contribution is -2.23. The molecule has 6 nitrogen and oxygen atoms in total. The molecule has 2 rings (SSSR count). The Morgan fingerprint density at radius 1 is 1.12 bits per heavy atom. The Bertz CT molecular complexity index is 721. The quantitative estimate of drug-likeness (QED) is 0.275. The highest BCUT2D eigenvalue weighted by atomic mass is 127. The highest BCUT2D eigenvalue weighted by molar-refractivity contribution is 14.0. The summed E-state index contributed by atoms with van der Waals surface area (Å²) in [5.74, 6) is 1.38. The van der Waals surface area contributed by atoms with Crippen molar-refractivity contribution in [3.8, 4) is 11.5 Å². The van der Waals surface area contributed by atoms with E-state index in [-0.39, 0.29) is 55.0 Å². The zero-order valence-corrected chi connectivity index (χ0v) is 17.2. The van der Waals surface area contributed by atoms with Crippen LogP contribution >= 0.6 is 24.0 Å². The maximum absolute atomic E-state index is 11.4. The third-order valence-electron chi connectivity index (χ3n) is 3.05. The van der Waals surface area contributed by atoms with Gasteiger partial charge in [-0.2, -0.15) is 0 Å². The fraction of sp³-hybridized carbons (Fsp3) is 0.263. The van der Waals surface area contributed by atoms with Crippen molar-refractivity contribution in [3.05, 3.63) is 54.6 Å². The van der Waals surface area contributed by atoms with Crippen LogP contribution in [0.3, 0.4) is 0 Å². The fourth-order valence-electron chi connectivity index (χ4n) is 2.04. The van der Waals surface area contributed by atoms with E-state index in [4.69, 9.17) is 15.2 Å². The highest BCUT2D eigenvalue weighted by Crippen LogP contribution is 2.23. The number of esters is 1. The van der Waals surface area contributed by atoms with Crippen molar-refractivity contribution in [2.24, 2.45) is 10.7 Å². The van der Waals surface area contributed by atoms with Crippen LogP contribution in [0.1, 0.15) is 20.3 Å². The lowest BCUT2D eigenvalue weighted by atomic mass is 10.3. The number of ether oxygens (including phenoxy) is 2. The molecule has 2 aromatic rings. The van der Waals surface area contributed by atoms with Crippen molar-refractivity contribution in [1.82, 2.24) is 0 Å². The topological polar surface area (TPSA) is 85.9 Å². The summed E-state index contributed by atoms with van der Waals surface area (Å²) < 4.78 is 10.8. The number of nitrogens with one attached hydrogen (secondary N) is 1. The van der Waals surface area contributed by atoms with E-state index in [0.29, 0.717) is 5.75 Å². The lowest BCUT2D eigenvalue weighted by molar-refractivity contribution is -0.147. The fourth-order valence-corrected chi connectivity index (χ4v) is 2.04. The molecule has 140 valence electrons. The van der Waals surface area contributed by atoms with Crippen LogP contribution in [-0.4, -0.2) is 24.6 Å². The van der Waals surface area contributed by atoms with Gasteiger partial charge >= 0.3 is 5.97 Å². The molecular formula is C19H24IN3O3. The molecule has 0 amide bonds. The first-order valence-electron chi connectivity index (χ1n) is 8.12. The normalized spacial score (nSPS) is 10.8. The molecule has 0 saturated heterocycles. The number of para-hydroxylation sites is 1. The number of hydrogen-bond acceptors (Lipinski definition) is 4. The Kier molecular flexibility index (Phi) is 9.50. The first-order valence-corrected chi connectivity index (χ1v) is 8.12. The van der Waals surface area contributed by atoms with E-state index in [1.165, 1.54) is 0 Å². The predicted octanol–water partition coefficient (Wildman–Crippen LogP) is 4.17. The van der Waals surface area contributed by atoms with Gasteiger partial charge < -0.3 is 20.5 Å². The second kappa shape index (κ2) is 11.3. The number of anilines is 1. The van der Waals surface area contributed by atoms with Crippen molar-refractivity contribution < 1.29 is 14.3 Å². The van der Waals surface area contributed by atoms with E-state index in [0.717, 1.165) is 11.4 Å². The van der Waals surface area contributed by atoms with Crippen LogP contribution in [0, 0.1) is 0 Å². The number of nitrogens with two attached hydrogens (primary N) is 1. The van der Waals surface area contributed by atoms with Crippen LogP contribution in [0.2, 0.25) is 0 Å². The number of benzene rings is 2. The van der Waals surface area contributed by atoms with Gasteiger partial charge in [-0.15, -0.1) is 24.0 Å². The number of nitrogens with zero attached hydrogens (tertiary/aromatic N) is 1. The molecular weight excluding hydrogens is 445 g/mol. The molecule has 0 radical (unpaired) electrons. The Morgan fingerprint density at radius 2 is 1.81 bits per heavy atom. The average Bonchev–Trinajstić information content (AvgIpc) is 2.55. The smallest absolute Gasteiger partial charge is 0.307 e. The summed E-state index contributed by atoms with van der Waals surface area (Å²) in [6.45, 7) is 3.88. The lowest BCUT2D eigenvalue weighted by Gasteiger charge is -2.09. The highest BCUT2D eigenvalue weighted by Gasteiger charge is 2.05. The molecule has 0 unspecified atom stereocenters. The van der Waals surface area contributed by atoms with E-state index in [1.54, 1.807) is 0 Å². The van der Waals surface area contributed by atoms with Gasteiger partial charge in [-0.05, 0) is 38.1 Å². The SMILES string of the molecule is CC(C)OC(=O)CCN=C(N)Nc1cccc(Oc2ccccc2)c1.I. The molecule has 7 heteroatoms. The third-order valence-corrected chi connectivity index (χ3v) is 3.05. The van der Waals surface area contributed by atoms with E-state index in [1.807, 2.05) is 68.4 Å². The molecule has 2 aromatic carbocycles. The molecule has 0 aliphatic carbocycles. The van der Waals surface area contributed by atoms with Gasteiger partial charge in [0.05, 0.1) is 19.1 Å². The van der Waals surface area contributed by atoms with Crippen LogP contribution < -0.4 is 15.8 Å². The average molecular weight is 469 g/mol. The molecule has 0 fully saturated rings. The van der Waals surface area contributed by atoms with Crippen LogP contribution in [0.25, 0.3) is 0 Å². The molecule has 0 saturated carbocycles. The maximum atomic E-state index is 11.4. The van der Waals surface area contributed by atoms with E-state index in [2.05, 4.69) is 10.3 Å². The van der Waals surface area contributed by atoms with E-state index < -0.39 is 0 Å². The zero-order chi connectivity index (χ0) is 18.1. The summed E-state index contributed by atoms with van der Waals surface area (Å²) >= 11 is 0. The van der Waals surface area contributed by atoms with E-state index >= 15 is 0 Å². The number of carbonyl (C=O) groups is 1. The van der Waals surface area contributed by atoms with Crippen LogP contribution in [0.4, 0.5) is 5.69 Å². The number of halogens is 1. The van der Waals surface area contributed by atoms with Crippen LogP contribution in [-0.2, 0) is 9.53 Å². The minimum atomic E-state index is -0.287. The van der Waals surface area contributed by atoms with Gasteiger partial charge in [-0.1, -0.05) is 24.3 Å². The molecule has 0 aromatic heterocycles. The molecule has 0 aliphatic rings. The number of rotatable bonds is 7. The predicted molar refractivity (Wildman–Crippen MR) is 114 cm³/mol. The first-order chi connectivity index (χ1) is 12.0. The largest absolute Gasteiger partial charge is 0.463 e. The van der Waals surface area contributed by atoms with Crippen molar-refractivity contribution in [2.45, 2.75) is 26.4 Å². The van der Waals surface area contributed by atoms with Crippen molar-refractivity contribution in [2.75, 3.05) is 11.9 Å². The summed E-state index contributed by atoms with van der Waals surface area (Å²) in [6.07, 6.45) is 0.0665. The van der Waals surface area contributed by atoms with Gasteiger partial charge in [-0.25, -0.2) is 0 Å². The van der Waals surface area contributed by atoms with Gasteiger partial charge in [0.2, 0.25) is 0 Å². The Balaban J connectivity index is 0.00000338. The van der Waals surface area contributed by atoms with E-state index in [9.17, 15) is 4.79 Å². The molecule has 0 aliphatic heterocycles. The summed E-state index contributed by atoms with van der Waals surface area (Å²) in [4.78, 5) is 15.6. The number of carbonyl (C=O) groups excluding carboxylic acids is 1. The van der Waals surface area contributed by atoms with Gasteiger partial charge in [0.1, 0.15) is 11.5 Å². The van der Waals surface area contributed by atoms with Crippen molar-refractivity contribution in [1.29, 1.82) is 0 Å².